The van der Waals surface area contributed by atoms with Gasteiger partial charge in [-0.3, -0.25) is 0 Å². The number of nitrogens with one attached hydrogen (secondary N) is 1. The smallest absolute Gasteiger partial charge is 0.335 e. The summed E-state index contributed by atoms with van der Waals surface area (Å²) in [5.74, 6) is 1.55. The number of allylic oxidation sites excluding steroid dienone is 3. The fraction of sp³-hybridized carbons (Fsp3) is 0.222. The monoisotopic (exact) mass is 491 g/mol. The number of aromatic nitrogens is 2. The second kappa shape index (κ2) is 12.0. The Morgan fingerprint density at radius 3 is 2.46 bits per heavy atom. The first-order chi connectivity index (χ1) is 16.9. The van der Waals surface area contributed by atoms with Crippen molar-refractivity contribution in [2.24, 2.45) is 0 Å². The molecule has 182 valence electrons. The van der Waals surface area contributed by atoms with Crippen LogP contribution in [-0.2, 0) is 17.6 Å². The van der Waals surface area contributed by atoms with Crippen LogP contribution in [-0.4, -0.2) is 28.2 Å². The van der Waals surface area contributed by atoms with Crippen LogP contribution in [0.4, 0.5) is 11.5 Å². The van der Waals surface area contributed by atoms with Gasteiger partial charge < -0.3 is 19.9 Å². The van der Waals surface area contributed by atoms with E-state index >= 15 is 0 Å². The fourth-order valence-corrected chi connectivity index (χ4v) is 4.18. The van der Waals surface area contributed by atoms with E-state index in [0.717, 1.165) is 40.4 Å². The van der Waals surface area contributed by atoms with Crippen LogP contribution < -0.4 is 10.1 Å². The molecule has 0 amide bonds. The van der Waals surface area contributed by atoms with Crippen molar-refractivity contribution in [2.75, 3.05) is 12.4 Å². The van der Waals surface area contributed by atoms with Gasteiger partial charge in [-0.05, 0) is 74.4 Å². The van der Waals surface area contributed by atoms with Crippen LogP contribution in [0.1, 0.15) is 42.4 Å². The zero-order valence-corrected chi connectivity index (χ0v) is 21.1. The number of aromatic carboxylic acids is 1. The first-order valence-corrected chi connectivity index (χ1v) is 12.1. The summed E-state index contributed by atoms with van der Waals surface area (Å²) in [6, 6.07) is 10.4. The number of carboxylic acid groups (broad SMARTS) is 1. The van der Waals surface area contributed by atoms with Crippen molar-refractivity contribution in [1.82, 2.24) is 9.97 Å². The number of anilines is 2. The van der Waals surface area contributed by atoms with E-state index in [1.54, 1.807) is 43.5 Å². The standard InChI is InChI=1S/C27H29N3O4S/c1-6-20(33-5)14-9-17(4)34-24-16-15-23(35-24)26-29-22(8-3)21(7-2)25(30-26)28-19-12-10-18(11-13-19)27(31)32/h6,9-16H,4,7-8H2,1-3,5H3,(H,31,32)(H,28,29,30)/b14-9-,20-6+. The largest absolute Gasteiger partial charge is 0.497 e. The molecule has 3 rings (SSSR count). The van der Waals surface area contributed by atoms with Gasteiger partial charge in [-0.25, -0.2) is 14.8 Å². The molecule has 35 heavy (non-hydrogen) atoms. The SMILES string of the molecule is C=C(/C=C\C(=C/C)OC)Oc1ccc(-c2nc(CC)c(CC)c(Nc3ccc(C(=O)O)cc3)n2)s1. The average Bonchev–Trinajstić information content (AvgIpc) is 3.32. The number of methoxy groups -OCH3 is 1. The van der Waals surface area contributed by atoms with Gasteiger partial charge in [0.05, 0.1) is 17.6 Å². The number of rotatable bonds is 11. The summed E-state index contributed by atoms with van der Waals surface area (Å²) in [7, 11) is 1.61. The minimum Gasteiger partial charge on any atom is -0.497 e. The van der Waals surface area contributed by atoms with Crippen LogP contribution in [0.25, 0.3) is 10.7 Å². The highest BCUT2D eigenvalue weighted by atomic mass is 32.1. The number of aryl methyl sites for hydroxylation is 1. The molecule has 0 spiro atoms. The second-order valence-corrected chi connectivity index (χ2v) is 8.50. The highest BCUT2D eigenvalue weighted by Gasteiger charge is 2.16. The molecule has 0 aliphatic rings. The minimum atomic E-state index is -0.960. The Hall–Kier alpha value is -3.91. The van der Waals surface area contributed by atoms with Crippen molar-refractivity contribution in [3.63, 3.8) is 0 Å². The van der Waals surface area contributed by atoms with Gasteiger partial charge in [0.2, 0.25) is 0 Å². The third kappa shape index (κ3) is 6.58. The fourth-order valence-electron chi connectivity index (χ4n) is 3.36. The Morgan fingerprint density at radius 2 is 1.86 bits per heavy atom. The van der Waals surface area contributed by atoms with Gasteiger partial charge in [0, 0.05) is 16.9 Å². The van der Waals surface area contributed by atoms with Crippen LogP contribution in [0.5, 0.6) is 5.06 Å². The van der Waals surface area contributed by atoms with Crippen molar-refractivity contribution >= 4 is 28.8 Å². The van der Waals surface area contributed by atoms with Gasteiger partial charge in [-0.2, -0.15) is 0 Å². The molecule has 0 unspecified atom stereocenters. The quantitative estimate of drug-likeness (QED) is 0.226. The normalized spacial score (nSPS) is 11.5. The Kier molecular flexibility index (Phi) is 8.80. The van der Waals surface area contributed by atoms with Crippen molar-refractivity contribution in [3.05, 3.63) is 89.5 Å². The maximum Gasteiger partial charge on any atom is 0.335 e. The van der Waals surface area contributed by atoms with Gasteiger partial charge in [0.15, 0.2) is 10.9 Å². The molecule has 0 bridgehead atoms. The van der Waals surface area contributed by atoms with Crippen LogP contribution >= 0.6 is 11.3 Å². The summed E-state index contributed by atoms with van der Waals surface area (Å²) in [5, 5.41) is 13.2. The first-order valence-electron chi connectivity index (χ1n) is 11.2. The molecule has 0 saturated heterocycles. The summed E-state index contributed by atoms with van der Waals surface area (Å²) in [6.45, 7) is 9.96. The molecule has 8 heteroatoms. The van der Waals surface area contributed by atoms with Crippen LogP contribution in [0.3, 0.4) is 0 Å². The van der Waals surface area contributed by atoms with Gasteiger partial charge in [-0.15, -0.1) is 0 Å². The van der Waals surface area contributed by atoms with E-state index in [1.165, 1.54) is 11.3 Å². The summed E-state index contributed by atoms with van der Waals surface area (Å²) >= 11 is 1.43. The Morgan fingerprint density at radius 1 is 1.11 bits per heavy atom. The summed E-state index contributed by atoms with van der Waals surface area (Å²) in [4.78, 5) is 21.6. The number of carbonyl (C=O) groups is 1. The zero-order valence-electron chi connectivity index (χ0n) is 20.3. The zero-order chi connectivity index (χ0) is 25.4. The van der Waals surface area contributed by atoms with Crippen LogP contribution in [0.2, 0.25) is 0 Å². The molecule has 2 aromatic heterocycles. The van der Waals surface area contributed by atoms with E-state index in [0.29, 0.717) is 22.5 Å². The van der Waals surface area contributed by atoms with E-state index in [2.05, 4.69) is 25.7 Å². The topological polar surface area (TPSA) is 93.6 Å². The van der Waals surface area contributed by atoms with Gasteiger partial charge in [-0.1, -0.05) is 31.8 Å². The molecule has 0 aliphatic carbocycles. The minimum absolute atomic E-state index is 0.232. The molecule has 2 heterocycles. The van der Waals surface area contributed by atoms with Crippen molar-refractivity contribution < 1.29 is 19.4 Å². The number of nitrogens with zero attached hydrogens (tertiary/aromatic N) is 2. The second-order valence-electron chi connectivity index (χ2n) is 7.45. The first kappa shape index (κ1) is 25.7. The molecule has 1 aromatic carbocycles. The highest BCUT2D eigenvalue weighted by molar-refractivity contribution is 7.17. The lowest BCUT2D eigenvalue weighted by atomic mass is 10.1. The third-order valence-corrected chi connectivity index (χ3v) is 6.12. The molecule has 0 fully saturated rings. The third-order valence-electron chi connectivity index (χ3n) is 5.16. The van der Waals surface area contributed by atoms with E-state index in [9.17, 15) is 4.79 Å². The molecule has 0 radical (unpaired) electrons. The number of carboxylic acids is 1. The predicted octanol–water partition coefficient (Wildman–Crippen LogP) is 6.77. The lowest BCUT2D eigenvalue weighted by Crippen LogP contribution is -2.07. The molecule has 0 saturated carbocycles. The molecular formula is C27H29N3O4S. The summed E-state index contributed by atoms with van der Waals surface area (Å²) < 4.78 is 11.1. The molecule has 3 aromatic rings. The van der Waals surface area contributed by atoms with E-state index in [1.807, 2.05) is 25.1 Å². The molecule has 2 N–H and O–H groups in total. The average molecular weight is 492 g/mol. The van der Waals surface area contributed by atoms with Gasteiger partial charge in [0.25, 0.3) is 0 Å². The predicted molar refractivity (Wildman–Crippen MR) is 140 cm³/mol. The lowest BCUT2D eigenvalue weighted by Gasteiger charge is -2.15. The maximum atomic E-state index is 11.2. The van der Waals surface area contributed by atoms with Crippen LogP contribution in [0, 0.1) is 0 Å². The number of benzene rings is 1. The summed E-state index contributed by atoms with van der Waals surface area (Å²) in [6.07, 6.45) is 6.91. The number of hydrogen-bond donors (Lipinski definition) is 2. The molecule has 7 nitrogen and oxygen atoms in total. The number of hydrogen-bond acceptors (Lipinski definition) is 7. The lowest BCUT2D eigenvalue weighted by molar-refractivity contribution is 0.0697. The number of thiophene rings is 1. The summed E-state index contributed by atoms with van der Waals surface area (Å²) in [5.41, 5.74) is 2.98. The van der Waals surface area contributed by atoms with Crippen LogP contribution in [0.15, 0.2) is 72.7 Å². The molecular weight excluding hydrogens is 462 g/mol. The molecule has 0 atom stereocenters. The van der Waals surface area contributed by atoms with Crippen molar-refractivity contribution in [1.29, 1.82) is 0 Å². The highest BCUT2D eigenvalue weighted by Crippen LogP contribution is 2.34. The van der Waals surface area contributed by atoms with E-state index in [4.69, 9.17) is 24.5 Å². The van der Waals surface area contributed by atoms with Crippen molar-refractivity contribution in [2.45, 2.75) is 33.6 Å². The van der Waals surface area contributed by atoms with E-state index in [-0.39, 0.29) is 5.56 Å². The van der Waals surface area contributed by atoms with E-state index < -0.39 is 5.97 Å². The maximum absolute atomic E-state index is 11.2. The Bertz CT molecular complexity index is 1260. The Balaban J connectivity index is 1.87. The number of ether oxygens (including phenoxy) is 2. The van der Waals surface area contributed by atoms with Gasteiger partial charge in [0.1, 0.15) is 17.3 Å². The Labute approximate surface area is 209 Å². The van der Waals surface area contributed by atoms with Crippen molar-refractivity contribution in [3.8, 4) is 15.8 Å². The van der Waals surface area contributed by atoms with Gasteiger partial charge >= 0.3 is 5.97 Å². The molecule has 0 aliphatic heterocycles.